The molecule has 3 heteroatoms. The Labute approximate surface area is 99.7 Å². The van der Waals surface area contributed by atoms with Gasteiger partial charge in [0.05, 0.1) is 5.25 Å². The summed E-state index contributed by atoms with van der Waals surface area (Å²) >= 11 is 0. The van der Waals surface area contributed by atoms with E-state index in [4.69, 9.17) is 0 Å². The summed E-state index contributed by atoms with van der Waals surface area (Å²) in [5.41, 5.74) is 0. The second-order valence-electron chi connectivity index (χ2n) is 5.76. The van der Waals surface area contributed by atoms with Crippen LogP contribution in [0, 0.1) is 11.8 Å². The lowest BCUT2D eigenvalue weighted by molar-refractivity contribution is 0.197. The van der Waals surface area contributed by atoms with Gasteiger partial charge in [-0.05, 0) is 37.5 Å². The molecule has 0 aromatic carbocycles. The third kappa shape index (κ3) is 2.99. The number of rotatable bonds is 2. The Balaban J connectivity index is 1.85. The van der Waals surface area contributed by atoms with Gasteiger partial charge in [0, 0.05) is 6.26 Å². The van der Waals surface area contributed by atoms with E-state index < -0.39 is 9.84 Å². The van der Waals surface area contributed by atoms with Crippen molar-refractivity contribution in [2.24, 2.45) is 11.8 Å². The molecular formula is C13H24O2S. The van der Waals surface area contributed by atoms with E-state index >= 15 is 0 Å². The fourth-order valence-corrected chi connectivity index (χ4v) is 4.72. The summed E-state index contributed by atoms with van der Waals surface area (Å²) in [6.45, 7) is 0. The molecule has 0 amide bonds. The lowest BCUT2D eigenvalue weighted by Gasteiger charge is -2.35. The number of hydrogen-bond acceptors (Lipinski definition) is 2. The first-order chi connectivity index (χ1) is 7.57. The van der Waals surface area contributed by atoms with Crippen LogP contribution in [-0.4, -0.2) is 19.9 Å². The van der Waals surface area contributed by atoms with Crippen LogP contribution in [-0.2, 0) is 9.84 Å². The van der Waals surface area contributed by atoms with E-state index in [9.17, 15) is 8.42 Å². The summed E-state index contributed by atoms with van der Waals surface area (Å²) in [6, 6.07) is 0. The van der Waals surface area contributed by atoms with Gasteiger partial charge in [0.2, 0.25) is 0 Å². The van der Waals surface area contributed by atoms with E-state index in [0.717, 1.165) is 37.5 Å². The molecule has 0 unspecified atom stereocenters. The van der Waals surface area contributed by atoms with Crippen molar-refractivity contribution in [1.29, 1.82) is 0 Å². The van der Waals surface area contributed by atoms with Gasteiger partial charge < -0.3 is 0 Å². The predicted molar refractivity (Wildman–Crippen MR) is 67.2 cm³/mol. The van der Waals surface area contributed by atoms with Crippen molar-refractivity contribution < 1.29 is 8.42 Å². The van der Waals surface area contributed by atoms with Gasteiger partial charge in [-0.15, -0.1) is 0 Å². The molecule has 2 fully saturated rings. The minimum Gasteiger partial charge on any atom is -0.229 e. The Bertz CT molecular complexity index is 307. The molecule has 16 heavy (non-hydrogen) atoms. The molecule has 2 rings (SSSR count). The Hall–Kier alpha value is -0.0500. The fraction of sp³-hybridized carbons (Fsp3) is 1.00. The molecule has 0 bridgehead atoms. The van der Waals surface area contributed by atoms with Crippen molar-refractivity contribution in [3.63, 3.8) is 0 Å². The Morgan fingerprint density at radius 1 is 0.750 bits per heavy atom. The van der Waals surface area contributed by atoms with Gasteiger partial charge in [0.25, 0.3) is 0 Å². The van der Waals surface area contributed by atoms with E-state index in [2.05, 4.69) is 0 Å². The SMILES string of the molecule is CS(=O)(=O)C1CCC(C2CCCCC2)CC1. The lowest BCUT2D eigenvalue weighted by atomic mass is 9.73. The normalized spacial score (nSPS) is 33.8. The second kappa shape index (κ2) is 5.07. The highest BCUT2D eigenvalue weighted by molar-refractivity contribution is 7.91. The van der Waals surface area contributed by atoms with Crippen LogP contribution in [0.4, 0.5) is 0 Å². The Kier molecular flexibility index (Phi) is 3.93. The Morgan fingerprint density at radius 2 is 1.25 bits per heavy atom. The first-order valence-electron chi connectivity index (χ1n) is 6.76. The molecule has 0 saturated heterocycles. The quantitative estimate of drug-likeness (QED) is 0.747. The van der Waals surface area contributed by atoms with Crippen LogP contribution in [0.25, 0.3) is 0 Å². The van der Waals surface area contributed by atoms with Crippen LogP contribution in [0.2, 0.25) is 0 Å². The minimum absolute atomic E-state index is 0.0349. The molecule has 2 aliphatic rings. The molecular weight excluding hydrogens is 220 g/mol. The summed E-state index contributed by atoms with van der Waals surface area (Å²) in [5, 5.41) is -0.0349. The molecule has 2 aliphatic carbocycles. The zero-order valence-electron chi connectivity index (χ0n) is 10.3. The van der Waals surface area contributed by atoms with Crippen molar-refractivity contribution in [3.8, 4) is 0 Å². The van der Waals surface area contributed by atoms with Gasteiger partial charge in [0.1, 0.15) is 9.84 Å². The van der Waals surface area contributed by atoms with Gasteiger partial charge in [-0.3, -0.25) is 0 Å². The highest BCUT2D eigenvalue weighted by Crippen LogP contribution is 2.39. The zero-order valence-corrected chi connectivity index (χ0v) is 11.1. The fourth-order valence-electron chi connectivity index (χ4n) is 3.59. The van der Waals surface area contributed by atoms with E-state index in [0.29, 0.717) is 0 Å². The third-order valence-corrected chi connectivity index (χ3v) is 6.32. The van der Waals surface area contributed by atoms with Crippen LogP contribution in [0.3, 0.4) is 0 Å². The van der Waals surface area contributed by atoms with Gasteiger partial charge in [0.15, 0.2) is 0 Å². The van der Waals surface area contributed by atoms with E-state index in [-0.39, 0.29) is 5.25 Å². The maximum atomic E-state index is 11.5. The summed E-state index contributed by atoms with van der Waals surface area (Å²) in [5.74, 6) is 1.74. The van der Waals surface area contributed by atoms with Crippen molar-refractivity contribution in [2.45, 2.75) is 63.0 Å². The summed E-state index contributed by atoms with van der Waals surface area (Å²) in [7, 11) is -2.78. The highest BCUT2D eigenvalue weighted by atomic mass is 32.2. The first-order valence-corrected chi connectivity index (χ1v) is 8.71. The largest absolute Gasteiger partial charge is 0.229 e. The van der Waals surface area contributed by atoms with E-state index in [1.54, 1.807) is 0 Å². The monoisotopic (exact) mass is 244 g/mol. The molecule has 0 aromatic rings. The van der Waals surface area contributed by atoms with Gasteiger partial charge >= 0.3 is 0 Å². The molecule has 0 radical (unpaired) electrons. The summed E-state index contributed by atoms with van der Waals surface area (Å²) in [4.78, 5) is 0. The van der Waals surface area contributed by atoms with Crippen LogP contribution in [0.15, 0.2) is 0 Å². The van der Waals surface area contributed by atoms with Gasteiger partial charge in [-0.25, -0.2) is 8.42 Å². The Morgan fingerprint density at radius 3 is 1.75 bits per heavy atom. The molecule has 2 nitrogen and oxygen atoms in total. The van der Waals surface area contributed by atoms with Crippen LogP contribution in [0.5, 0.6) is 0 Å². The van der Waals surface area contributed by atoms with Crippen LogP contribution in [0.1, 0.15) is 57.8 Å². The molecule has 0 spiro atoms. The zero-order chi connectivity index (χ0) is 11.6. The maximum Gasteiger partial charge on any atom is 0.150 e. The lowest BCUT2D eigenvalue weighted by Crippen LogP contribution is -2.29. The molecule has 0 aliphatic heterocycles. The van der Waals surface area contributed by atoms with E-state index in [1.807, 2.05) is 0 Å². The molecule has 0 N–H and O–H groups in total. The molecule has 2 saturated carbocycles. The average molecular weight is 244 g/mol. The highest BCUT2D eigenvalue weighted by Gasteiger charge is 2.31. The average Bonchev–Trinajstić information content (AvgIpc) is 2.29. The molecule has 94 valence electrons. The summed E-state index contributed by atoms with van der Waals surface area (Å²) in [6.07, 6.45) is 12.5. The van der Waals surface area contributed by atoms with E-state index in [1.165, 1.54) is 38.4 Å². The van der Waals surface area contributed by atoms with Gasteiger partial charge in [-0.1, -0.05) is 32.1 Å². The maximum absolute atomic E-state index is 11.5. The number of sulfone groups is 1. The van der Waals surface area contributed by atoms with Crippen LogP contribution >= 0.6 is 0 Å². The minimum atomic E-state index is -2.78. The predicted octanol–water partition coefficient (Wildman–Crippen LogP) is 3.17. The first kappa shape index (κ1) is 12.4. The number of hydrogen-bond donors (Lipinski definition) is 0. The van der Waals surface area contributed by atoms with Crippen molar-refractivity contribution in [3.05, 3.63) is 0 Å². The third-order valence-electron chi connectivity index (χ3n) is 4.64. The van der Waals surface area contributed by atoms with Crippen molar-refractivity contribution >= 4 is 9.84 Å². The van der Waals surface area contributed by atoms with Gasteiger partial charge in [-0.2, -0.15) is 0 Å². The molecule has 0 aromatic heterocycles. The molecule has 0 atom stereocenters. The smallest absolute Gasteiger partial charge is 0.150 e. The van der Waals surface area contributed by atoms with Crippen molar-refractivity contribution in [1.82, 2.24) is 0 Å². The molecule has 0 heterocycles. The standard InChI is InChI=1S/C13H24O2S/c1-16(14,15)13-9-7-12(8-10-13)11-5-3-2-4-6-11/h11-13H,2-10H2,1H3. The van der Waals surface area contributed by atoms with Crippen LogP contribution < -0.4 is 0 Å². The van der Waals surface area contributed by atoms with Crippen molar-refractivity contribution in [2.75, 3.05) is 6.26 Å². The second-order valence-corrected chi connectivity index (χ2v) is 8.09. The summed E-state index contributed by atoms with van der Waals surface area (Å²) < 4.78 is 22.9. The topological polar surface area (TPSA) is 34.1 Å².